The fourth-order valence-corrected chi connectivity index (χ4v) is 2.74. The fraction of sp³-hybridized carbons (Fsp3) is 0.263. The molecule has 3 rings (SSSR count). The van der Waals surface area contributed by atoms with Gasteiger partial charge >= 0.3 is 0 Å². The molecule has 0 bridgehead atoms. The van der Waals surface area contributed by atoms with E-state index in [4.69, 9.17) is 14.2 Å². The van der Waals surface area contributed by atoms with Crippen molar-refractivity contribution in [3.8, 4) is 17.2 Å². The minimum absolute atomic E-state index is 0.266. The van der Waals surface area contributed by atoms with Crippen molar-refractivity contribution in [1.29, 1.82) is 0 Å². The maximum absolute atomic E-state index is 12.7. The highest BCUT2D eigenvalue weighted by atomic mass is 16.5. The number of aromatic amines is 1. The van der Waals surface area contributed by atoms with Crippen LogP contribution < -0.4 is 19.5 Å². The third kappa shape index (κ3) is 3.28. The van der Waals surface area contributed by atoms with Gasteiger partial charge in [0.25, 0.3) is 5.91 Å². The van der Waals surface area contributed by atoms with Crippen LogP contribution in [-0.4, -0.2) is 37.2 Å². The molecule has 7 heteroatoms. The molecule has 0 fully saturated rings. The van der Waals surface area contributed by atoms with Crippen LogP contribution in [0.5, 0.6) is 17.2 Å². The van der Waals surface area contributed by atoms with Crippen LogP contribution in [0.4, 0.5) is 0 Å². The van der Waals surface area contributed by atoms with Gasteiger partial charge in [0, 0.05) is 5.56 Å². The zero-order valence-electron chi connectivity index (χ0n) is 15.1. The number of methoxy groups -OCH3 is 3. The molecule has 7 nitrogen and oxygen atoms in total. The molecular weight excluding hydrogens is 334 g/mol. The van der Waals surface area contributed by atoms with E-state index in [1.807, 2.05) is 31.2 Å². The Kier molecular flexibility index (Phi) is 4.97. The summed E-state index contributed by atoms with van der Waals surface area (Å²) in [5, 5.41) is 2.93. The van der Waals surface area contributed by atoms with Crippen LogP contribution in [0, 0.1) is 0 Å². The molecule has 1 aromatic heterocycles. The van der Waals surface area contributed by atoms with Crippen LogP contribution in [0.25, 0.3) is 11.0 Å². The monoisotopic (exact) mass is 355 g/mol. The molecule has 0 saturated heterocycles. The lowest BCUT2D eigenvalue weighted by Crippen LogP contribution is -2.27. The molecular formula is C19H21N3O4. The number of carbonyl (C=O) groups is 1. The number of para-hydroxylation sites is 2. The zero-order chi connectivity index (χ0) is 18.7. The number of imidazole rings is 1. The number of amides is 1. The number of carbonyl (C=O) groups excluding carboxylic acids is 1. The van der Waals surface area contributed by atoms with Crippen molar-refractivity contribution in [3.05, 3.63) is 47.8 Å². The molecule has 0 aliphatic carbocycles. The first-order chi connectivity index (χ1) is 12.6. The van der Waals surface area contributed by atoms with E-state index in [9.17, 15) is 4.79 Å². The highest BCUT2D eigenvalue weighted by molar-refractivity contribution is 5.96. The first-order valence-corrected chi connectivity index (χ1v) is 8.13. The summed E-state index contributed by atoms with van der Waals surface area (Å²) in [6.07, 6.45) is 0. The third-order valence-electron chi connectivity index (χ3n) is 4.09. The molecule has 136 valence electrons. The van der Waals surface area contributed by atoms with E-state index in [1.54, 1.807) is 12.1 Å². The lowest BCUT2D eigenvalue weighted by atomic mass is 10.1. The molecule has 0 spiro atoms. The Balaban J connectivity index is 1.84. The Morgan fingerprint density at radius 2 is 1.73 bits per heavy atom. The van der Waals surface area contributed by atoms with Crippen molar-refractivity contribution in [2.75, 3.05) is 21.3 Å². The largest absolute Gasteiger partial charge is 0.493 e. The van der Waals surface area contributed by atoms with Gasteiger partial charge in [0.15, 0.2) is 11.5 Å². The first kappa shape index (κ1) is 17.6. The molecule has 2 N–H and O–H groups in total. The number of fused-ring (bicyclic) bond motifs is 1. The number of nitrogens with one attached hydrogen (secondary N) is 2. The number of ether oxygens (including phenoxy) is 3. The van der Waals surface area contributed by atoms with E-state index in [2.05, 4.69) is 15.3 Å². The van der Waals surface area contributed by atoms with Crippen LogP contribution in [0.1, 0.15) is 29.1 Å². The number of hydrogen-bond acceptors (Lipinski definition) is 5. The second-order valence-electron chi connectivity index (χ2n) is 5.75. The predicted molar refractivity (Wildman–Crippen MR) is 98.1 cm³/mol. The quantitative estimate of drug-likeness (QED) is 0.710. The predicted octanol–water partition coefficient (Wildman–Crippen LogP) is 3.08. The van der Waals surface area contributed by atoms with Crippen LogP contribution in [0.3, 0.4) is 0 Å². The van der Waals surface area contributed by atoms with Crippen molar-refractivity contribution < 1.29 is 19.0 Å². The number of H-pyrrole nitrogens is 1. The van der Waals surface area contributed by atoms with E-state index in [-0.39, 0.29) is 11.9 Å². The Hall–Kier alpha value is -3.22. The zero-order valence-corrected chi connectivity index (χ0v) is 15.1. The number of aromatic nitrogens is 2. The van der Waals surface area contributed by atoms with Gasteiger partial charge in [-0.15, -0.1) is 0 Å². The standard InChI is InChI=1S/C19H21N3O4/c1-11(18-21-13-7-5-6-8-14(13)22-18)20-19(23)12-9-15(24-2)17(26-4)16(10-12)25-3/h5-11H,1-4H3,(H,20,23)(H,21,22). The van der Waals surface area contributed by atoms with E-state index in [1.165, 1.54) is 21.3 Å². The van der Waals surface area contributed by atoms with Crippen molar-refractivity contribution in [1.82, 2.24) is 15.3 Å². The minimum Gasteiger partial charge on any atom is -0.493 e. The molecule has 1 atom stereocenters. The lowest BCUT2D eigenvalue weighted by Gasteiger charge is -2.15. The Morgan fingerprint density at radius 1 is 1.08 bits per heavy atom. The molecule has 26 heavy (non-hydrogen) atoms. The van der Waals surface area contributed by atoms with Gasteiger partial charge < -0.3 is 24.5 Å². The SMILES string of the molecule is COc1cc(C(=O)NC(C)c2nc3ccccc3[nH]2)cc(OC)c1OC. The third-order valence-corrected chi connectivity index (χ3v) is 4.09. The van der Waals surface area contributed by atoms with Crippen LogP contribution in [0.2, 0.25) is 0 Å². The summed E-state index contributed by atoms with van der Waals surface area (Å²) < 4.78 is 15.9. The van der Waals surface area contributed by atoms with Gasteiger partial charge in [-0.2, -0.15) is 0 Å². The van der Waals surface area contributed by atoms with Gasteiger partial charge in [-0.05, 0) is 31.2 Å². The summed E-state index contributed by atoms with van der Waals surface area (Å²) in [6.45, 7) is 1.87. The average Bonchev–Trinajstić information content (AvgIpc) is 3.11. The molecule has 2 aromatic carbocycles. The van der Waals surface area contributed by atoms with Crippen LogP contribution in [-0.2, 0) is 0 Å². The molecule has 0 saturated carbocycles. The molecule has 3 aromatic rings. The number of nitrogens with zero attached hydrogens (tertiary/aromatic N) is 1. The summed E-state index contributed by atoms with van der Waals surface area (Å²) in [5.41, 5.74) is 2.19. The summed E-state index contributed by atoms with van der Waals surface area (Å²) in [4.78, 5) is 20.4. The maximum atomic E-state index is 12.7. The summed E-state index contributed by atoms with van der Waals surface area (Å²) in [5.74, 6) is 1.71. The van der Waals surface area contributed by atoms with Crippen molar-refractivity contribution >= 4 is 16.9 Å². The van der Waals surface area contributed by atoms with E-state index in [0.29, 0.717) is 28.6 Å². The number of benzene rings is 2. The van der Waals surface area contributed by atoms with E-state index < -0.39 is 0 Å². The Labute approximate surface area is 151 Å². The van der Waals surface area contributed by atoms with E-state index >= 15 is 0 Å². The van der Waals surface area contributed by atoms with Gasteiger partial charge in [0.2, 0.25) is 5.75 Å². The normalized spacial score (nSPS) is 11.8. The first-order valence-electron chi connectivity index (χ1n) is 8.13. The van der Waals surface area contributed by atoms with Gasteiger partial charge in [0.1, 0.15) is 5.82 Å². The number of hydrogen-bond donors (Lipinski definition) is 2. The number of rotatable bonds is 6. The second kappa shape index (κ2) is 7.35. The summed E-state index contributed by atoms with van der Waals surface area (Å²) in [6, 6.07) is 10.6. The Bertz CT molecular complexity index is 877. The van der Waals surface area contributed by atoms with Gasteiger partial charge in [-0.3, -0.25) is 4.79 Å². The van der Waals surface area contributed by atoms with Crippen molar-refractivity contribution in [3.63, 3.8) is 0 Å². The second-order valence-corrected chi connectivity index (χ2v) is 5.75. The summed E-state index contributed by atoms with van der Waals surface area (Å²) in [7, 11) is 4.54. The minimum atomic E-state index is -0.297. The van der Waals surface area contributed by atoms with Crippen molar-refractivity contribution in [2.24, 2.45) is 0 Å². The molecule has 1 unspecified atom stereocenters. The van der Waals surface area contributed by atoms with Gasteiger partial charge in [-0.25, -0.2) is 4.98 Å². The van der Waals surface area contributed by atoms with Gasteiger partial charge in [-0.1, -0.05) is 12.1 Å². The van der Waals surface area contributed by atoms with Crippen LogP contribution in [0.15, 0.2) is 36.4 Å². The smallest absolute Gasteiger partial charge is 0.252 e. The van der Waals surface area contributed by atoms with E-state index in [0.717, 1.165) is 11.0 Å². The molecule has 0 radical (unpaired) electrons. The van der Waals surface area contributed by atoms with Gasteiger partial charge in [0.05, 0.1) is 38.4 Å². The fourth-order valence-electron chi connectivity index (χ4n) is 2.74. The van der Waals surface area contributed by atoms with Crippen molar-refractivity contribution in [2.45, 2.75) is 13.0 Å². The molecule has 0 aliphatic rings. The topological polar surface area (TPSA) is 85.5 Å². The average molecular weight is 355 g/mol. The van der Waals surface area contributed by atoms with Crippen LogP contribution >= 0.6 is 0 Å². The molecule has 1 heterocycles. The molecule has 0 aliphatic heterocycles. The lowest BCUT2D eigenvalue weighted by molar-refractivity contribution is 0.0937. The highest BCUT2D eigenvalue weighted by Crippen LogP contribution is 2.38. The Morgan fingerprint density at radius 3 is 2.31 bits per heavy atom. The highest BCUT2D eigenvalue weighted by Gasteiger charge is 2.19. The summed E-state index contributed by atoms with van der Waals surface area (Å²) >= 11 is 0. The molecule has 1 amide bonds. The maximum Gasteiger partial charge on any atom is 0.252 e.